The topological polar surface area (TPSA) is 101 Å². The molecule has 0 fully saturated rings. The maximum Gasteiger partial charge on any atom is 0.331 e. The van der Waals surface area contributed by atoms with Crippen LogP contribution in [0.5, 0.6) is 5.75 Å². The van der Waals surface area contributed by atoms with E-state index in [4.69, 9.17) is 4.74 Å². The van der Waals surface area contributed by atoms with Crippen LogP contribution in [0.1, 0.15) is 12.0 Å². The average Bonchev–Trinajstić information content (AvgIpc) is 2.97. The minimum atomic E-state index is -0.788. The molecule has 2 atom stereocenters. The molecule has 2 N–H and O–H groups in total. The number of ether oxygens (including phenoxy) is 1. The average molecular weight is 342 g/mol. The number of phenolic OH excluding ortho intramolecular Hbond substituents is 1. The zero-order chi connectivity index (χ0) is 18.4. The van der Waals surface area contributed by atoms with Crippen LogP contribution in [0, 0.1) is 5.92 Å². The molecule has 1 aromatic rings. The number of carbonyl (C=O) groups is 3. The van der Waals surface area contributed by atoms with Crippen molar-refractivity contribution in [3.63, 3.8) is 0 Å². The lowest BCUT2D eigenvalue weighted by molar-refractivity contribution is -0.141. The van der Waals surface area contributed by atoms with Crippen LogP contribution in [0.15, 0.2) is 53.6 Å². The summed E-state index contributed by atoms with van der Waals surface area (Å²) in [7, 11) is 0. The number of aliphatic hydroxyl groups is 1. The van der Waals surface area contributed by atoms with E-state index in [0.29, 0.717) is 18.1 Å². The summed E-state index contributed by atoms with van der Waals surface area (Å²) in [5, 5.41) is 18.7. The van der Waals surface area contributed by atoms with Crippen LogP contribution in [0.2, 0.25) is 0 Å². The quantitative estimate of drug-likeness (QED) is 0.443. The lowest BCUT2D eigenvalue weighted by Crippen LogP contribution is -2.19. The lowest BCUT2D eigenvalue weighted by Gasteiger charge is -2.14. The van der Waals surface area contributed by atoms with Gasteiger partial charge >= 0.3 is 5.97 Å². The third-order valence-corrected chi connectivity index (χ3v) is 4.04. The second-order valence-electron chi connectivity index (χ2n) is 5.59. The van der Waals surface area contributed by atoms with Gasteiger partial charge in [-0.3, -0.25) is 9.59 Å². The van der Waals surface area contributed by atoms with Crippen LogP contribution in [0.4, 0.5) is 0 Å². The highest BCUT2D eigenvalue weighted by Gasteiger charge is 2.36. The minimum Gasteiger partial charge on any atom is -0.508 e. The molecule has 2 rings (SSSR count). The van der Waals surface area contributed by atoms with Crippen molar-refractivity contribution in [2.75, 3.05) is 6.61 Å². The van der Waals surface area contributed by atoms with Crippen LogP contribution >= 0.6 is 0 Å². The molecular formula is C19H18O6. The maximum atomic E-state index is 12.0. The van der Waals surface area contributed by atoms with Crippen molar-refractivity contribution in [1.82, 2.24) is 0 Å². The van der Waals surface area contributed by atoms with Gasteiger partial charge in [0.05, 0.1) is 6.61 Å². The van der Waals surface area contributed by atoms with Crippen molar-refractivity contribution >= 4 is 24.6 Å². The Kier molecular flexibility index (Phi) is 6.03. The first kappa shape index (κ1) is 18.4. The smallest absolute Gasteiger partial charge is 0.331 e. The number of aldehydes is 2. The Morgan fingerprint density at radius 1 is 1.28 bits per heavy atom. The SMILES string of the molecule is C=C(C=O)[C@H]1C[C@H](OC(=O)/C=C\c2ccc(O)cc2)C(CO)=C1C=O. The molecule has 0 amide bonds. The van der Waals surface area contributed by atoms with Crippen LogP contribution in [0.3, 0.4) is 0 Å². The molecule has 0 aliphatic heterocycles. The molecule has 0 radical (unpaired) electrons. The van der Waals surface area contributed by atoms with Crippen molar-refractivity contribution in [2.45, 2.75) is 12.5 Å². The molecular weight excluding hydrogens is 324 g/mol. The number of hydrogen-bond acceptors (Lipinski definition) is 6. The summed E-state index contributed by atoms with van der Waals surface area (Å²) >= 11 is 0. The second kappa shape index (κ2) is 8.21. The summed E-state index contributed by atoms with van der Waals surface area (Å²) in [4.78, 5) is 34.2. The number of benzene rings is 1. The van der Waals surface area contributed by atoms with Gasteiger partial charge in [0.2, 0.25) is 0 Å². The van der Waals surface area contributed by atoms with Gasteiger partial charge in [-0.05, 0) is 35.8 Å². The number of phenols is 1. The molecule has 0 heterocycles. The monoisotopic (exact) mass is 342 g/mol. The van der Waals surface area contributed by atoms with E-state index in [0.717, 1.165) is 0 Å². The first-order valence-corrected chi connectivity index (χ1v) is 7.60. The number of esters is 1. The zero-order valence-corrected chi connectivity index (χ0v) is 13.4. The van der Waals surface area contributed by atoms with Crippen LogP contribution in [-0.4, -0.2) is 41.5 Å². The first-order chi connectivity index (χ1) is 12.0. The van der Waals surface area contributed by atoms with Crippen LogP contribution in [-0.2, 0) is 19.1 Å². The van der Waals surface area contributed by atoms with E-state index in [-0.39, 0.29) is 28.9 Å². The van der Waals surface area contributed by atoms with Crippen molar-refractivity contribution in [3.05, 3.63) is 59.2 Å². The van der Waals surface area contributed by atoms with E-state index < -0.39 is 24.6 Å². The summed E-state index contributed by atoms with van der Waals surface area (Å²) in [6.45, 7) is 3.15. The molecule has 0 aromatic heterocycles. The van der Waals surface area contributed by atoms with Crippen molar-refractivity contribution in [2.24, 2.45) is 5.92 Å². The first-order valence-electron chi connectivity index (χ1n) is 7.60. The van der Waals surface area contributed by atoms with E-state index in [9.17, 15) is 24.6 Å². The molecule has 0 unspecified atom stereocenters. The molecule has 6 heteroatoms. The van der Waals surface area contributed by atoms with Gasteiger partial charge in [-0.2, -0.15) is 0 Å². The summed E-state index contributed by atoms with van der Waals surface area (Å²) < 4.78 is 5.31. The molecule has 130 valence electrons. The van der Waals surface area contributed by atoms with E-state index in [2.05, 4.69) is 6.58 Å². The number of hydrogen-bond donors (Lipinski definition) is 2. The summed E-state index contributed by atoms with van der Waals surface area (Å²) in [5.41, 5.74) is 1.42. The number of aliphatic hydroxyl groups excluding tert-OH is 1. The van der Waals surface area contributed by atoms with Gasteiger partial charge in [-0.25, -0.2) is 4.79 Å². The molecule has 6 nitrogen and oxygen atoms in total. The van der Waals surface area contributed by atoms with Crippen molar-refractivity contribution in [3.8, 4) is 5.75 Å². The van der Waals surface area contributed by atoms with Gasteiger partial charge in [-0.15, -0.1) is 0 Å². The van der Waals surface area contributed by atoms with E-state index >= 15 is 0 Å². The summed E-state index contributed by atoms with van der Waals surface area (Å²) in [6.07, 6.45) is 3.25. The number of allylic oxidation sites excluding steroid dienone is 2. The predicted octanol–water partition coefficient (Wildman–Crippen LogP) is 1.58. The Morgan fingerprint density at radius 3 is 2.52 bits per heavy atom. The third-order valence-electron chi connectivity index (χ3n) is 4.04. The molecule has 25 heavy (non-hydrogen) atoms. The van der Waals surface area contributed by atoms with Gasteiger partial charge < -0.3 is 14.9 Å². The zero-order valence-electron chi connectivity index (χ0n) is 13.4. The third kappa shape index (κ3) is 4.30. The van der Waals surface area contributed by atoms with E-state index in [1.54, 1.807) is 12.1 Å². The van der Waals surface area contributed by atoms with Gasteiger partial charge in [0.1, 0.15) is 24.4 Å². The van der Waals surface area contributed by atoms with Crippen molar-refractivity contribution in [1.29, 1.82) is 0 Å². The standard InChI is InChI=1S/C19H18O6/c1-12(9-20)15-8-18(17(11-22)16(15)10-21)25-19(24)7-4-13-2-5-14(23)6-3-13/h2-7,9-10,15,18,22-23H,1,8,11H2/b7-4-/t15-,18+/m1/s1. The Labute approximate surface area is 144 Å². The maximum absolute atomic E-state index is 12.0. The fraction of sp³-hybridized carbons (Fsp3) is 0.211. The molecule has 1 aromatic carbocycles. The number of aromatic hydroxyl groups is 1. The largest absolute Gasteiger partial charge is 0.508 e. The Hall–Kier alpha value is -2.99. The fourth-order valence-electron chi connectivity index (χ4n) is 2.73. The van der Waals surface area contributed by atoms with Crippen molar-refractivity contribution < 1.29 is 29.3 Å². The molecule has 0 bridgehead atoms. The van der Waals surface area contributed by atoms with E-state index in [1.807, 2.05) is 0 Å². The van der Waals surface area contributed by atoms with Crippen LogP contribution < -0.4 is 0 Å². The number of carbonyl (C=O) groups excluding carboxylic acids is 3. The summed E-state index contributed by atoms with van der Waals surface area (Å²) in [5.74, 6) is -1.09. The summed E-state index contributed by atoms with van der Waals surface area (Å²) in [6, 6.07) is 6.23. The molecule has 0 saturated carbocycles. The highest BCUT2D eigenvalue weighted by Crippen LogP contribution is 2.36. The predicted molar refractivity (Wildman–Crippen MR) is 90.5 cm³/mol. The van der Waals surface area contributed by atoms with Gasteiger partial charge in [-0.1, -0.05) is 18.7 Å². The van der Waals surface area contributed by atoms with E-state index in [1.165, 1.54) is 24.3 Å². The highest BCUT2D eigenvalue weighted by molar-refractivity contribution is 5.88. The molecule has 1 aliphatic rings. The van der Waals surface area contributed by atoms with Gasteiger partial charge in [0, 0.05) is 23.1 Å². The normalized spacial score (nSPS) is 19.9. The minimum absolute atomic E-state index is 0.117. The highest BCUT2D eigenvalue weighted by atomic mass is 16.5. The second-order valence-corrected chi connectivity index (χ2v) is 5.59. The van der Waals surface area contributed by atoms with Gasteiger partial charge in [0.15, 0.2) is 0 Å². The molecule has 0 spiro atoms. The Balaban J connectivity index is 2.10. The number of rotatable bonds is 7. The fourth-order valence-corrected chi connectivity index (χ4v) is 2.73. The Morgan fingerprint density at radius 2 is 1.96 bits per heavy atom. The molecule has 1 aliphatic carbocycles. The molecule has 0 saturated heterocycles. The van der Waals surface area contributed by atoms with Crippen LogP contribution in [0.25, 0.3) is 6.08 Å². The Bertz CT molecular complexity index is 742. The van der Waals surface area contributed by atoms with Gasteiger partial charge in [0.25, 0.3) is 0 Å². The lowest BCUT2D eigenvalue weighted by atomic mass is 9.94.